The second-order valence-corrected chi connectivity index (χ2v) is 2.66. The molecule has 14 heavy (non-hydrogen) atoms. The lowest BCUT2D eigenvalue weighted by Crippen LogP contribution is -2.26. The van der Waals surface area contributed by atoms with Gasteiger partial charge in [0.1, 0.15) is 5.52 Å². The number of primary amides is 1. The van der Waals surface area contributed by atoms with Gasteiger partial charge in [-0.1, -0.05) is 12.1 Å². The predicted molar refractivity (Wildman–Crippen MR) is 50.3 cm³/mol. The number of nitrogen functional groups attached to an aromatic ring is 1. The molecule has 2 rings (SSSR count). The molecule has 0 spiro atoms. The van der Waals surface area contributed by atoms with E-state index in [1.165, 1.54) is 0 Å². The van der Waals surface area contributed by atoms with Crippen molar-refractivity contribution in [3.05, 3.63) is 24.3 Å². The van der Waals surface area contributed by atoms with Crippen molar-refractivity contribution in [3.63, 3.8) is 0 Å². The molecule has 1 aromatic heterocycles. The van der Waals surface area contributed by atoms with Crippen molar-refractivity contribution in [1.29, 1.82) is 0 Å². The van der Waals surface area contributed by atoms with Crippen LogP contribution in [0.3, 0.4) is 0 Å². The van der Waals surface area contributed by atoms with Gasteiger partial charge in [0.05, 0.1) is 5.52 Å². The summed E-state index contributed by atoms with van der Waals surface area (Å²) in [5.74, 6) is 0.0880. The largest absolute Gasteiger partial charge is 0.429 e. The van der Waals surface area contributed by atoms with Crippen molar-refractivity contribution >= 4 is 23.1 Å². The van der Waals surface area contributed by atoms with Crippen LogP contribution in [0.15, 0.2) is 24.3 Å². The first-order valence-corrected chi connectivity index (χ1v) is 3.89. The first kappa shape index (κ1) is 8.36. The van der Waals surface area contributed by atoms with E-state index in [1.54, 1.807) is 18.2 Å². The van der Waals surface area contributed by atoms with Gasteiger partial charge in [0, 0.05) is 0 Å². The molecule has 4 N–H and O–H groups in total. The molecule has 0 aliphatic rings. The minimum atomic E-state index is -0.931. The van der Waals surface area contributed by atoms with Gasteiger partial charge < -0.3 is 16.3 Å². The van der Waals surface area contributed by atoms with Crippen molar-refractivity contribution in [1.82, 2.24) is 9.71 Å². The molecule has 0 saturated carbocycles. The zero-order chi connectivity index (χ0) is 10.1. The summed E-state index contributed by atoms with van der Waals surface area (Å²) >= 11 is 0. The summed E-state index contributed by atoms with van der Waals surface area (Å²) in [6, 6.07) is 7.07. The zero-order valence-electron chi connectivity index (χ0n) is 7.18. The Morgan fingerprint density at radius 2 is 2.14 bits per heavy atom. The summed E-state index contributed by atoms with van der Waals surface area (Å²) in [4.78, 5) is 19.2. The number of rotatable bonds is 1. The van der Waals surface area contributed by atoms with Crippen LogP contribution in [-0.4, -0.2) is 15.8 Å². The maximum Gasteiger partial charge on any atom is 0.429 e. The third-order valence-corrected chi connectivity index (χ3v) is 1.72. The van der Waals surface area contributed by atoms with Crippen molar-refractivity contribution in [2.45, 2.75) is 0 Å². The number of nitrogens with two attached hydrogens (primary N) is 2. The molecule has 0 aliphatic heterocycles. The molecule has 2 aromatic rings. The van der Waals surface area contributed by atoms with Gasteiger partial charge in [0.2, 0.25) is 5.95 Å². The molecule has 1 heterocycles. The third-order valence-electron chi connectivity index (χ3n) is 1.72. The second kappa shape index (κ2) is 2.91. The number of carbonyl (C=O) groups is 1. The minimum absolute atomic E-state index is 0.0880. The standard InChI is InChI=1S/C8H8N4O2/c9-7-11-5-3-1-2-4-6(5)12(7)14-8(10)13/h1-4H,(H2,9,11)(H2,10,13). The first-order chi connectivity index (χ1) is 6.68. The lowest BCUT2D eigenvalue weighted by atomic mass is 10.3. The molecule has 1 aromatic carbocycles. The number of para-hydroxylation sites is 2. The minimum Gasteiger partial charge on any atom is -0.367 e. The molecule has 0 saturated heterocycles. The molecule has 0 radical (unpaired) electrons. The number of hydrogen-bond donors (Lipinski definition) is 2. The number of hydrogen-bond acceptors (Lipinski definition) is 4. The maximum absolute atomic E-state index is 10.6. The smallest absolute Gasteiger partial charge is 0.367 e. The van der Waals surface area contributed by atoms with Crippen LogP contribution >= 0.6 is 0 Å². The summed E-state index contributed by atoms with van der Waals surface area (Å²) in [6.07, 6.45) is -0.931. The van der Waals surface area contributed by atoms with Crippen LogP contribution in [-0.2, 0) is 0 Å². The lowest BCUT2D eigenvalue weighted by Gasteiger charge is -2.02. The summed E-state index contributed by atoms with van der Waals surface area (Å²) < 4.78 is 1.09. The summed E-state index contributed by atoms with van der Waals surface area (Å²) in [5, 5.41) is 0. The van der Waals surface area contributed by atoms with Crippen LogP contribution in [0.25, 0.3) is 11.0 Å². The number of carbonyl (C=O) groups excluding carboxylic acids is 1. The Labute approximate surface area is 79.0 Å². The van der Waals surface area contributed by atoms with E-state index >= 15 is 0 Å². The van der Waals surface area contributed by atoms with Crippen molar-refractivity contribution < 1.29 is 9.63 Å². The fourth-order valence-corrected chi connectivity index (χ4v) is 1.21. The van der Waals surface area contributed by atoms with E-state index in [2.05, 4.69) is 9.82 Å². The average molecular weight is 192 g/mol. The second-order valence-electron chi connectivity index (χ2n) is 2.66. The normalized spacial score (nSPS) is 10.3. The highest BCUT2D eigenvalue weighted by atomic mass is 16.7. The van der Waals surface area contributed by atoms with E-state index in [4.69, 9.17) is 11.5 Å². The highest BCUT2D eigenvalue weighted by Gasteiger charge is 2.09. The fraction of sp³-hybridized carbons (Fsp3) is 0. The van der Waals surface area contributed by atoms with Crippen molar-refractivity contribution in [2.75, 3.05) is 5.73 Å². The average Bonchev–Trinajstić information content (AvgIpc) is 2.43. The Morgan fingerprint density at radius 1 is 1.43 bits per heavy atom. The number of anilines is 1. The molecule has 1 amide bonds. The van der Waals surface area contributed by atoms with Gasteiger partial charge in [0.15, 0.2) is 0 Å². The highest BCUT2D eigenvalue weighted by molar-refractivity contribution is 5.78. The van der Waals surface area contributed by atoms with Crippen LogP contribution in [0.2, 0.25) is 0 Å². The van der Waals surface area contributed by atoms with Crippen LogP contribution in [0.5, 0.6) is 0 Å². The van der Waals surface area contributed by atoms with E-state index < -0.39 is 6.09 Å². The zero-order valence-corrected chi connectivity index (χ0v) is 7.18. The molecule has 72 valence electrons. The Morgan fingerprint density at radius 3 is 2.86 bits per heavy atom. The number of nitrogens with zero attached hydrogens (tertiary/aromatic N) is 2. The summed E-state index contributed by atoms with van der Waals surface area (Å²) in [7, 11) is 0. The van der Waals surface area contributed by atoms with Gasteiger partial charge in [-0.3, -0.25) is 0 Å². The topological polar surface area (TPSA) is 96.2 Å². The molecule has 0 fully saturated rings. The highest BCUT2D eigenvalue weighted by Crippen LogP contribution is 2.15. The quantitative estimate of drug-likeness (QED) is 0.670. The molecule has 6 nitrogen and oxygen atoms in total. The van der Waals surface area contributed by atoms with Crippen molar-refractivity contribution in [3.8, 4) is 0 Å². The van der Waals surface area contributed by atoms with Gasteiger partial charge in [-0.25, -0.2) is 9.78 Å². The molecular weight excluding hydrogens is 184 g/mol. The first-order valence-electron chi connectivity index (χ1n) is 3.89. The van der Waals surface area contributed by atoms with E-state index in [9.17, 15) is 4.79 Å². The molecule has 0 atom stereocenters. The van der Waals surface area contributed by atoms with Gasteiger partial charge in [-0.05, 0) is 12.1 Å². The SMILES string of the molecule is NC(=O)On1c(N)nc2ccccc21. The van der Waals surface area contributed by atoms with E-state index in [1.807, 2.05) is 6.07 Å². The van der Waals surface area contributed by atoms with Crippen LogP contribution in [0, 0.1) is 0 Å². The van der Waals surface area contributed by atoms with Gasteiger partial charge in [-0.2, -0.15) is 0 Å². The third kappa shape index (κ3) is 1.22. The number of imidazole rings is 1. The van der Waals surface area contributed by atoms with E-state index in [-0.39, 0.29) is 5.95 Å². The fourth-order valence-electron chi connectivity index (χ4n) is 1.21. The van der Waals surface area contributed by atoms with Crippen LogP contribution in [0.1, 0.15) is 0 Å². The molecule has 0 unspecified atom stereocenters. The van der Waals surface area contributed by atoms with Gasteiger partial charge >= 0.3 is 6.09 Å². The van der Waals surface area contributed by atoms with Gasteiger partial charge in [-0.15, -0.1) is 4.73 Å². The predicted octanol–water partition coefficient (Wildman–Crippen LogP) is 0.126. The number of amides is 1. The monoisotopic (exact) mass is 192 g/mol. The van der Waals surface area contributed by atoms with Crippen LogP contribution in [0.4, 0.5) is 10.7 Å². The Bertz CT molecular complexity index is 491. The number of aromatic nitrogens is 2. The van der Waals surface area contributed by atoms with E-state index in [0.717, 1.165) is 4.73 Å². The van der Waals surface area contributed by atoms with Gasteiger partial charge in [0.25, 0.3) is 0 Å². The maximum atomic E-state index is 10.6. The van der Waals surface area contributed by atoms with E-state index in [0.29, 0.717) is 11.0 Å². The summed E-state index contributed by atoms with van der Waals surface area (Å²) in [6.45, 7) is 0. The van der Waals surface area contributed by atoms with Crippen molar-refractivity contribution in [2.24, 2.45) is 5.73 Å². The Kier molecular flexibility index (Phi) is 1.74. The molecular formula is C8H8N4O2. The summed E-state index contributed by atoms with van der Waals surface area (Å²) in [5.41, 5.74) is 11.6. The molecule has 0 aliphatic carbocycles. The molecule has 6 heteroatoms. The Balaban J connectivity index is 2.62. The number of fused-ring (bicyclic) bond motifs is 1. The number of benzene rings is 1. The molecule has 0 bridgehead atoms. The lowest BCUT2D eigenvalue weighted by molar-refractivity contribution is 0.150. The van der Waals surface area contributed by atoms with Crippen LogP contribution < -0.4 is 16.3 Å². The Hall–Kier alpha value is -2.24.